The molecule has 0 unspecified atom stereocenters. The largest absolute Gasteiger partial charge is 0.466 e. The van der Waals surface area contributed by atoms with Crippen LogP contribution in [0.25, 0.3) is 0 Å². The van der Waals surface area contributed by atoms with Gasteiger partial charge in [-0.1, -0.05) is 32.9 Å². The van der Waals surface area contributed by atoms with E-state index in [1.54, 1.807) is 6.08 Å². The van der Waals surface area contributed by atoms with Crippen LogP contribution in [0.1, 0.15) is 46.5 Å². The van der Waals surface area contributed by atoms with Crippen LogP contribution in [0.5, 0.6) is 0 Å². The van der Waals surface area contributed by atoms with Gasteiger partial charge in [-0.15, -0.1) is 0 Å². The molecule has 0 radical (unpaired) electrons. The van der Waals surface area contributed by atoms with E-state index in [2.05, 4.69) is 6.58 Å². The van der Waals surface area contributed by atoms with Gasteiger partial charge >= 0.3 is 5.97 Å². The Morgan fingerprint density at radius 1 is 1.46 bits per heavy atom. The molecule has 26 heavy (non-hydrogen) atoms. The molecule has 4 aliphatic rings. The number of ketones is 1. The molecule has 0 aromatic carbocycles. The van der Waals surface area contributed by atoms with Gasteiger partial charge in [0.05, 0.1) is 18.6 Å². The van der Waals surface area contributed by atoms with Crippen molar-refractivity contribution in [3.05, 3.63) is 23.8 Å². The molecule has 5 heteroatoms. The molecule has 1 N–H and O–H groups in total. The normalized spacial score (nSPS) is 46.8. The Morgan fingerprint density at radius 2 is 2.15 bits per heavy atom. The van der Waals surface area contributed by atoms with Gasteiger partial charge < -0.3 is 14.6 Å². The Kier molecular flexibility index (Phi) is 3.65. The molecule has 1 heterocycles. The lowest BCUT2D eigenvalue weighted by atomic mass is 9.47. The second-order valence-electron chi connectivity index (χ2n) is 9.12. The summed E-state index contributed by atoms with van der Waals surface area (Å²) in [5.74, 6) is -2.87. The fourth-order valence-corrected chi connectivity index (χ4v) is 6.27. The summed E-state index contributed by atoms with van der Waals surface area (Å²) in [5.41, 5.74) is -0.190. The zero-order valence-corrected chi connectivity index (χ0v) is 16.0. The number of carbonyl (C=O) groups is 2. The maximum atomic E-state index is 13.4. The number of Topliss-reactive ketones (excluding diaryl/α,β-unsaturated/α-hetero) is 1. The van der Waals surface area contributed by atoms with E-state index < -0.39 is 28.7 Å². The Labute approximate surface area is 154 Å². The summed E-state index contributed by atoms with van der Waals surface area (Å²) < 4.78 is 11.4. The smallest absolute Gasteiger partial charge is 0.334 e. The Morgan fingerprint density at radius 3 is 2.77 bits per heavy atom. The molecule has 0 aromatic heterocycles. The molecule has 4 rings (SSSR count). The molecule has 5 nitrogen and oxygen atoms in total. The van der Waals surface area contributed by atoms with Crippen LogP contribution in [0.15, 0.2) is 23.8 Å². The van der Waals surface area contributed by atoms with E-state index in [0.29, 0.717) is 12.0 Å². The first-order valence-corrected chi connectivity index (χ1v) is 9.53. The van der Waals surface area contributed by atoms with Crippen molar-refractivity contribution in [3.8, 4) is 0 Å². The Balaban J connectivity index is 1.96. The third-order valence-corrected chi connectivity index (χ3v) is 7.51. The number of aliphatic hydroxyl groups is 1. The highest BCUT2D eigenvalue weighted by atomic mass is 16.7. The lowest BCUT2D eigenvalue weighted by Crippen LogP contribution is -2.62. The molecule has 142 valence electrons. The summed E-state index contributed by atoms with van der Waals surface area (Å²) in [4.78, 5) is 26.1. The van der Waals surface area contributed by atoms with Crippen molar-refractivity contribution < 1.29 is 24.2 Å². The van der Waals surface area contributed by atoms with Gasteiger partial charge in [0.1, 0.15) is 5.78 Å². The molecule has 0 amide bonds. The second kappa shape index (κ2) is 5.29. The zero-order chi connectivity index (χ0) is 19.1. The molecule has 2 bridgehead atoms. The highest BCUT2D eigenvalue weighted by molar-refractivity contribution is 6.00. The molecule has 3 fully saturated rings. The summed E-state index contributed by atoms with van der Waals surface area (Å²) in [6.45, 7) is 10.0. The monoisotopic (exact) mass is 360 g/mol. The minimum atomic E-state index is -1.43. The number of carbonyl (C=O) groups excluding carboxylic acids is 2. The van der Waals surface area contributed by atoms with Crippen molar-refractivity contribution in [2.45, 2.75) is 57.8 Å². The van der Waals surface area contributed by atoms with Gasteiger partial charge in [-0.3, -0.25) is 4.79 Å². The Bertz CT molecular complexity index is 737. The van der Waals surface area contributed by atoms with Gasteiger partial charge in [0, 0.05) is 35.7 Å². The van der Waals surface area contributed by atoms with Gasteiger partial charge in [-0.05, 0) is 24.8 Å². The van der Waals surface area contributed by atoms with Crippen molar-refractivity contribution in [2.75, 3.05) is 7.11 Å². The third-order valence-electron chi connectivity index (χ3n) is 7.51. The maximum absolute atomic E-state index is 13.4. The molecule has 1 aliphatic heterocycles. The molecule has 0 spiro atoms. The molecule has 3 aliphatic carbocycles. The summed E-state index contributed by atoms with van der Waals surface area (Å²) in [6.07, 6.45) is 4.31. The highest BCUT2D eigenvalue weighted by Gasteiger charge is 2.77. The van der Waals surface area contributed by atoms with Gasteiger partial charge in [0.2, 0.25) is 0 Å². The van der Waals surface area contributed by atoms with Crippen LogP contribution in [-0.2, 0) is 19.1 Å². The number of hydrogen-bond donors (Lipinski definition) is 1. The molecule has 1 saturated heterocycles. The first-order valence-electron chi connectivity index (χ1n) is 9.53. The second-order valence-corrected chi connectivity index (χ2v) is 9.12. The van der Waals surface area contributed by atoms with Crippen LogP contribution in [-0.4, -0.2) is 35.4 Å². The van der Waals surface area contributed by atoms with Gasteiger partial charge in [-0.25, -0.2) is 4.79 Å². The van der Waals surface area contributed by atoms with Crippen molar-refractivity contribution in [1.29, 1.82) is 0 Å². The summed E-state index contributed by atoms with van der Waals surface area (Å²) >= 11 is 0. The van der Waals surface area contributed by atoms with E-state index in [-0.39, 0.29) is 30.0 Å². The van der Waals surface area contributed by atoms with E-state index in [9.17, 15) is 14.7 Å². The van der Waals surface area contributed by atoms with Crippen LogP contribution in [0.2, 0.25) is 0 Å². The summed E-state index contributed by atoms with van der Waals surface area (Å²) in [5, 5.41) is 11.7. The fraction of sp³-hybridized carbons (Fsp3) is 0.714. The quantitative estimate of drug-likeness (QED) is 0.605. The van der Waals surface area contributed by atoms with Crippen LogP contribution in [0.3, 0.4) is 0 Å². The zero-order valence-electron chi connectivity index (χ0n) is 16.0. The van der Waals surface area contributed by atoms with Crippen molar-refractivity contribution >= 4 is 11.8 Å². The minimum absolute atomic E-state index is 0.0130. The van der Waals surface area contributed by atoms with E-state index in [4.69, 9.17) is 9.47 Å². The van der Waals surface area contributed by atoms with Crippen LogP contribution >= 0.6 is 0 Å². The van der Waals surface area contributed by atoms with Gasteiger partial charge in [0.25, 0.3) is 0 Å². The lowest BCUT2D eigenvalue weighted by molar-refractivity contribution is -0.271. The van der Waals surface area contributed by atoms with Crippen LogP contribution in [0, 0.1) is 29.1 Å². The number of methoxy groups -OCH3 is 1. The SMILES string of the molecule is C=C1CC[C@H]2[C@@]3(C)[C@@H]4C(=O)[C@H](C(C)C)C[C@@]3(O)O[C@]2(C=C4C(=O)OC)C1. The fourth-order valence-electron chi connectivity index (χ4n) is 6.27. The average molecular weight is 360 g/mol. The first-order chi connectivity index (χ1) is 12.1. The maximum Gasteiger partial charge on any atom is 0.334 e. The number of esters is 1. The summed E-state index contributed by atoms with van der Waals surface area (Å²) in [6, 6.07) is 0. The highest BCUT2D eigenvalue weighted by Crippen LogP contribution is 2.71. The summed E-state index contributed by atoms with van der Waals surface area (Å²) in [7, 11) is 1.33. The number of ether oxygens (including phenoxy) is 2. The van der Waals surface area contributed by atoms with E-state index in [0.717, 1.165) is 18.4 Å². The number of rotatable bonds is 2. The Hall–Kier alpha value is -1.46. The molecule has 6 atom stereocenters. The lowest BCUT2D eigenvalue weighted by Gasteiger charge is -2.54. The van der Waals surface area contributed by atoms with Crippen molar-refractivity contribution in [1.82, 2.24) is 0 Å². The van der Waals surface area contributed by atoms with E-state index in [1.165, 1.54) is 7.11 Å². The predicted octanol–water partition coefficient (Wildman–Crippen LogP) is 2.78. The average Bonchev–Trinajstić information content (AvgIpc) is 2.72. The molecule has 2 saturated carbocycles. The molecular weight excluding hydrogens is 332 g/mol. The van der Waals surface area contributed by atoms with E-state index in [1.807, 2.05) is 20.8 Å². The standard InChI is InChI=1S/C21H28O5/c1-11(2)13-10-21(24)19(4)15-7-6-12(3)8-20(15,26-21)9-14(18(23)25-5)16(19)17(13)22/h9,11,13,15-16,24H,3,6-8,10H2,1-2,4-5H3/t13-,15-,16-,19-,20-,21+/m0/s1. The number of hydrogen-bond acceptors (Lipinski definition) is 5. The van der Waals surface area contributed by atoms with Crippen molar-refractivity contribution in [3.63, 3.8) is 0 Å². The predicted molar refractivity (Wildman–Crippen MR) is 94.9 cm³/mol. The first kappa shape index (κ1) is 17.9. The minimum Gasteiger partial charge on any atom is -0.466 e. The van der Waals surface area contributed by atoms with Gasteiger partial charge in [0.15, 0.2) is 5.79 Å². The van der Waals surface area contributed by atoms with Crippen LogP contribution in [0.4, 0.5) is 0 Å². The van der Waals surface area contributed by atoms with Crippen LogP contribution < -0.4 is 0 Å². The van der Waals surface area contributed by atoms with E-state index >= 15 is 0 Å². The molecular formula is C21H28O5. The van der Waals surface area contributed by atoms with Crippen molar-refractivity contribution in [2.24, 2.45) is 29.1 Å². The molecule has 0 aromatic rings. The van der Waals surface area contributed by atoms with Gasteiger partial charge in [-0.2, -0.15) is 0 Å². The third kappa shape index (κ3) is 1.93. The topological polar surface area (TPSA) is 72.8 Å².